The van der Waals surface area contributed by atoms with Gasteiger partial charge in [-0.05, 0) is 10.8 Å². The molecule has 5 nitrogen and oxygen atoms in total. The van der Waals surface area contributed by atoms with E-state index in [0.29, 0.717) is 0 Å². The zero-order valence-corrected chi connectivity index (χ0v) is 8.20. The molecule has 0 N–H and O–H groups in total. The Kier molecular flexibility index (Phi) is 1.58. The monoisotopic (exact) mass is 199 g/mol. The van der Waals surface area contributed by atoms with Gasteiger partial charge in [0, 0.05) is 0 Å². The summed E-state index contributed by atoms with van der Waals surface area (Å²) in [6, 6.07) is 10.0. The molecule has 74 valence electrons. The summed E-state index contributed by atoms with van der Waals surface area (Å²) in [7, 11) is 1.81. The Morgan fingerprint density at radius 1 is 1.13 bits per heavy atom. The molecule has 5 heteroatoms. The van der Waals surface area contributed by atoms with Crippen LogP contribution in [0, 0.1) is 0 Å². The molecule has 0 aliphatic heterocycles. The van der Waals surface area contributed by atoms with Crippen molar-refractivity contribution in [3.05, 3.63) is 36.5 Å². The molecule has 3 rings (SSSR count). The van der Waals surface area contributed by atoms with Gasteiger partial charge in [0.2, 0.25) is 5.65 Å². The van der Waals surface area contributed by atoms with Crippen molar-refractivity contribution in [2.24, 2.45) is 7.05 Å². The highest BCUT2D eigenvalue weighted by atomic mass is 15.7. The van der Waals surface area contributed by atoms with Gasteiger partial charge in [0.15, 0.2) is 0 Å². The van der Waals surface area contributed by atoms with Crippen molar-refractivity contribution in [3.8, 4) is 11.1 Å². The van der Waals surface area contributed by atoms with Crippen LogP contribution in [0.25, 0.3) is 16.8 Å². The Morgan fingerprint density at radius 2 is 1.93 bits per heavy atom. The van der Waals surface area contributed by atoms with Crippen LogP contribution in [0.5, 0.6) is 0 Å². The Morgan fingerprint density at radius 3 is 2.73 bits per heavy atom. The molecule has 0 spiro atoms. The predicted molar refractivity (Wildman–Crippen MR) is 55.2 cm³/mol. The Bertz CT molecular complexity index is 593. The highest BCUT2D eigenvalue weighted by Gasteiger charge is 2.09. The first-order chi connectivity index (χ1) is 7.36. The Balaban J connectivity index is 2.28. The molecular weight excluding hydrogens is 190 g/mol. The molecule has 0 saturated carbocycles. The number of aromatic nitrogens is 5. The van der Waals surface area contributed by atoms with Gasteiger partial charge in [-0.25, -0.2) is 0 Å². The second kappa shape index (κ2) is 2.91. The summed E-state index contributed by atoms with van der Waals surface area (Å²) in [6.07, 6.45) is 1.80. The largest absolute Gasteiger partial charge is 0.207 e. The van der Waals surface area contributed by atoms with E-state index >= 15 is 0 Å². The molecule has 0 aliphatic carbocycles. The minimum absolute atomic E-state index is 0.781. The fraction of sp³-hybridized carbons (Fsp3) is 0.100. The van der Waals surface area contributed by atoms with Crippen molar-refractivity contribution >= 4 is 5.65 Å². The van der Waals surface area contributed by atoms with Gasteiger partial charge in [-0.2, -0.15) is 9.90 Å². The first-order valence-electron chi connectivity index (χ1n) is 4.65. The molecule has 0 fully saturated rings. The number of nitrogens with zero attached hydrogens (tertiary/aromatic N) is 5. The van der Waals surface area contributed by atoms with E-state index < -0.39 is 0 Å². The Hall–Kier alpha value is -2.17. The second-order valence-electron chi connectivity index (χ2n) is 3.32. The van der Waals surface area contributed by atoms with Crippen molar-refractivity contribution in [1.29, 1.82) is 0 Å². The number of hydrogen-bond donors (Lipinski definition) is 0. The van der Waals surface area contributed by atoms with Crippen LogP contribution in [0.3, 0.4) is 0 Å². The predicted octanol–water partition coefficient (Wildman–Crippen LogP) is 1.13. The quantitative estimate of drug-likeness (QED) is 0.590. The van der Waals surface area contributed by atoms with Crippen molar-refractivity contribution in [2.75, 3.05) is 0 Å². The number of benzene rings is 1. The third-order valence-corrected chi connectivity index (χ3v) is 2.35. The van der Waals surface area contributed by atoms with Crippen molar-refractivity contribution in [1.82, 2.24) is 24.8 Å². The van der Waals surface area contributed by atoms with Crippen LogP contribution < -0.4 is 0 Å². The molecule has 2 aromatic heterocycles. The lowest BCUT2D eigenvalue weighted by molar-refractivity contribution is 0.544. The normalized spacial score (nSPS) is 11.0. The second-order valence-corrected chi connectivity index (χ2v) is 3.32. The first kappa shape index (κ1) is 8.16. The minimum atomic E-state index is 0.781. The van der Waals surface area contributed by atoms with Crippen LogP contribution in [-0.4, -0.2) is 24.8 Å². The zero-order valence-electron chi connectivity index (χ0n) is 8.20. The summed E-state index contributed by atoms with van der Waals surface area (Å²) in [5, 5.41) is 12.2. The lowest BCUT2D eigenvalue weighted by atomic mass is 10.1. The van der Waals surface area contributed by atoms with Gasteiger partial charge < -0.3 is 0 Å². The number of aryl methyl sites for hydroxylation is 1. The van der Waals surface area contributed by atoms with Gasteiger partial charge in [0.25, 0.3) is 0 Å². The summed E-state index contributed by atoms with van der Waals surface area (Å²) in [6.45, 7) is 0. The molecular formula is C10H9N5. The topological polar surface area (TPSA) is 48.0 Å². The number of hydrogen-bond acceptors (Lipinski definition) is 3. The molecule has 0 aliphatic rings. The van der Waals surface area contributed by atoms with Gasteiger partial charge in [0.05, 0.1) is 18.8 Å². The van der Waals surface area contributed by atoms with Gasteiger partial charge in [-0.1, -0.05) is 30.3 Å². The smallest absolute Gasteiger partial charge is 0.167 e. The standard InChI is InChI=1S/C10H9N5/c1-14-13-12-10-9(7-11-15(10)14)8-5-3-2-4-6-8/h2-7H,1H3. The maximum atomic E-state index is 4.21. The fourth-order valence-corrected chi connectivity index (χ4v) is 1.60. The molecule has 0 atom stereocenters. The highest BCUT2D eigenvalue weighted by molar-refractivity contribution is 5.76. The van der Waals surface area contributed by atoms with Gasteiger partial charge in [-0.3, -0.25) is 0 Å². The average molecular weight is 199 g/mol. The molecule has 2 heterocycles. The molecule has 0 bridgehead atoms. The van der Waals surface area contributed by atoms with Crippen LogP contribution >= 0.6 is 0 Å². The fourth-order valence-electron chi connectivity index (χ4n) is 1.60. The summed E-state index contributed by atoms with van der Waals surface area (Å²) < 4.78 is 1.67. The first-order valence-corrected chi connectivity index (χ1v) is 4.65. The van der Waals surface area contributed by atoms with Crippen LogP contribution in [-0.2, 0) is 7.05 Å². The molecule has 0 saturated heterocycles. The van der Waals surface area contributed by atoms with Crippen LogP contribution in [0.4, 0.5) is 0 Å². The maximum Gasteiger partial charge on any atom is 0.207 e. The molecule has 3 aromatic rings. The SMILES string of the molecule is Cn1nnc2c(-c3ccccc3)cnn21. The van der Waals surface area contributed by atoms with Gasteiger partial charge >= 0.3 is 0 Å². The number of fused-ring (bicyclic) bond motifs is 1. The van der Waals surface area contributed by atoms with E-state index in [0.717, 1.165) is 16.8 Å². The van der Waals surface area contributed by atoms with Crippen LogP contribution in [0.1, 0.15) is 0 Å². The van der Waals surface area contributed by atoms with E-state index in [9.17, 15) is 0 Å². The summed E-state index contributed by atoms with van der Waals surface area (Å²) in [5.74, 6) is 0. The van der Waals surface area contributed by atoms with Crippen molar-refractivity contribution in [3.63, 3.8) is 0 Å². The molecule has 0 radical (unpaired) electrons. The van der Waals surface area contributed by atoms with Crippen LogP contribution in [0.2, 0.25) is 0 Å². The third-order valence-electron chi connectivity index (χ3n) is 2.35. The summed E-state index contributed by atoms with van der Waals surface area (Å²) in [4.78, 5) is 1.60. The molecule has 0 unspecified atom stereocenters. The average Bonchev–Trinajstić information content (AvgIpc) is 2.83. The third kappa shape index (κ3) is 1.13. The van der Waals surface area contributed by atoms with E-state index in [-0.39, 0.29) is 0 Å². The van der Waals surface area contributed by atoms with E-state index in [1.165, 1.54) is 0 Å². The summed E-state index contributed by atoms with van der Waals surface area (Å²) >= 11 is 0. The van der Waals surface area contributed by atoms with Crippen molar-refractivity contribution in [2.45, 2.75) is 0 Å². The van der Waals surface area contributed by atoms with E-state index in [1.807, 2.05) is 37.4 Å². The molecule has 0 amide bonds. The van der Waals surface area contributed by atoms with Gasteiger partial charge in [-0.15, -0.1) is 9.73 Å². The molecule has 15 heavy (non-hydrogen) atoms. The van der Waals surface area contributed by atoms with E-state index in [4.69, 9.17) is 0 Å². The zero-order chi connectivity index (χ0) is 10.3. The maximum absolute atomic E-state index is 4.21. The number of rotatable bonds is 1. The van der Waals surface area contributed by atoms with E-state index in [1.54, 1.807) is 15.6 Å². The van der Waals surface area contributed by atoms with Crippen molar-refractivity contribution < 1.29 is 0 Å². The summed E-state index contributed by atoms with van der Waals surface area (Å²) in [5.41, 5.74) is 2.89. The van der Waals surface area contributed by atoms with E-state index in [2.05, 4.69) is 15.4 Å². The molecule has 1 aromatic carbocycles. The lowest BCUT2D eigenvalue weighted by Crippen LogP contribution is -2.01. The Labute approximate surface area is 85.9 Å². The minimum Gasteiger partial charge on any atom is -0.167 e. The van der Waals surface area contributed by atoms with Crippen LogP contribution in [0.15, 0.2) is 36.5 Å². The lowest BCUT2D eigenvalue weighted by Gasteiger charge is -1.93. The number of tetrazole rings is 1. The highest BCUT2D eigenvalue weighted by Crippen LogP contribution is 2.21. The van der Waals surface area contributed by atoms with Gasteiger partial charge in [0.1, 0.15) is 0 Å².